The van der Waals surface area contributed by atoms with E-state index in [1.54, 1.807) is 0 Å². The summed E-state index contributed by atoms with van der Waals surface area (Å²) in [5.74, 6) is 1.72. The first-order valence-corrected chi connectivity index (χ1v) is 5.25. The van der Waals surface area contributed by atoms with Crippen molar-refractivity contribution in [3.8, 4) is 0 Å². The van der Waals surface area contributed by atoms with Gasteiger partial charge in [-0.2, -0.15) is 0 Å². The lowest BCUT2D eigenvalue weighted by atomic mass is 10.3. The number of aryl methyl sites for hydroxylation is 1. The molecule has 0 aromatic carbocycles. The molecule has 2 N–H and O–H groups in total. The van der Waals surface area contributed by atoms with Crippen LogP contribution in [0.4, 0.5) is 0 Å². The molecule has 0 unspecified atom stereocenters. The molecule has 1 heterocycles. The first-order valence-electron chi connectivity index (χ1n) is 5.25. The van der Waals surface area contributed by atoms with Crippen LogP contribution in [0.3, 0.4) is 0 Å². The topological polar surface area (TPSA) is 59.5 Å². The third-order valence-electron chi connectivity index (χ3n) is 2.60. The first-order chi connectivity index (χ1) is 7.20. The van der Waals surface area contributed by atoms with E-state index < -0.39 is 0 Å². The van der Waals surface area contributed by atoms with Gasteiger partial charge in [-0.15, -0.1) is 0 Å². The van der Waals surface area contributed by atoms with Gasteiger partial charge >= 0.3 is 0 Å². The van der Waals surface area contributed by atoms with Crippen molar-refractivity contribution in [2.75, 3.05) is 6.54 Å². The molecule has 2 rings (SSSR count). The van der Waals surface area contributed by atoms with E-state index in [0.717, 1.165) is 24.4 Å². The summed E-state index contributed by atoms with van der Waals surface area (Å²) in [6.45, 7) is 2.53. The molecule has 1 aromatic rings. The molecular formula is C11H16N2O2. The SMILES string of the molecule is Cc1ccc(CN(C(=O)CN)C2CC2)o1. The van der Waals surface area contributed by atoms with Crippen LogP contribution < -0.4 is 5.73 Å². The quantitative estimate of drug-likeness (QED) is 0.804. The number of nitrogens with zero attached hydrogens (tertiary/aromatic N) is 1. The lowest BCUT2D eigenvalue weighted by Gasteiger charge is -2.20. The number of hydrogen-bond donors (Lipinski definition) is 1. The van der Waals surface area contributed by atoms with Gasteiger partial charge in [-0.25, -0.2) is 0 Å². The number of furan rings is 1. The van der Waals surface area contributed by atoms with E-state index in [2.05, 4.69) is 0 Å². The molecule has 1 saturated carbocycles. The van der Waals surface area contributed by atoms with E-state index in [1.165, 1.54) is 0 Å². The van der Waals surface area contributed by atoms with Crippen LogP contribution >= 0.6 is 0 Å². The summed E-state index contributed by atoms with van der Waals surface area (Å²) in [6, 6.07) is 4.20. The average molecular weight is 208 g/mol. The van der Waals surface area contributed by atoms with Crippen LogP contribution in [0.2, 0.25) is 0 Å². The molecule has 1 aliphatic rings. The maximum atomic E-state index is 11.6. The van der Waals surface area contributed by atoms with E-state index in [1.807, 2.05) is 24.0 Å². The molecule has 82 valence electrons. The minimum atomic E-state index is 0.00607. The summed E-state index contributed by atoms with van der Waals surface area (Å²) < 4.78 is 5.45. The van der Waals surface area contributed by atoms with Gasteiger partial charge in [-0.3, -0.25) is 4.79 Å². The Morgan fingerprint density at radius 2 is 2.33 bits per heavy atom. The number of rotatable bonds is 4. The van der Waals surface area contributed by atoms with Crippen LogP contribution in [-0.4, -0.2) is 23.4 Å². The van der Waals surface area contributed by atoms with Gasteiger partial charge in [0.1, 0.15) is 11.5 Å². The molecule has 1 aliphatic carbocycles. The highest BCUT2D eigenvalue weighted by Crippen LogP contribution is 2.28. The molecule has 0 spiro atoms. The van der Waals surface area contributed by atoms with Crippen molar-refractivity contribution >= 4 is 5.91 Å². The van der Waals surface area contributed by atoms with E-state index in [0.29, 0.717) is 12.6 Å². The lowest BCUT2D eigenvalue weighted by molar-refractivity contribution is -0.131. The fraction of sp³-hybridized carbons (Fsp3) is 0.545. The summed E-state index contributed by atoms with van der Waals surface area (Å²) in [5.41, 5.74) is 5.38. The molecule has 1 fully saturated rings. The first kappa shape index (κ1) is 10.2. The molecular weight excluding hydrogens is 192 g/mol. The maximum Gasteiger partial charge on any atom is 0.236 e. The zero-order valence-corrected chi connectivity index (χ0v) is 8.90. The molecule has 0 radical (unpaired) electrons. The maximum absolute atomic E-state index is 11.6. The van der Waals surface area contributed by atoms with Crippen LogP contribution in [-0.2, 0) is 11.3 Å². The van der Waals surface area contributed by atoms with E-state index in [9.17, 15) is 4.79 Å². The number of amides is 1. The highest BCUT2D eigenvalue weighted by Gasteiger charge is 2.32. The Hall–Kier alpha value is -1.29. The number of nitrogens with two attached hydrogens (primary N) is 1. The Morgan fingerprint density at radius 1 is 1.60 bits per heavy atom. The summed E-state index contributed by atoms with van der Waals surface area (Å²) >= 11 is 0. The van der Waals surface area contributed by atoms with Gasteiger partial charge in [0.2, 0.25) is 5.91 Å². The van der Waals surface area contributed by atoms with Crippen LogP contribution in [0.5, 0.6) is 0 Å². The Balaban J connectivity index is 2.03. The average Bonchev–Trinajstić information content (AvgIpc) is 2.98. The van der Waals surface area contributed by atoms with Crippen molar-refractivity contribution in [1.82, 2.24) is 4.90 Å². The summed E-state index contributed by atoms with van der Waals surface area (Å²) in [6.07, 6.45) is 2.18. The van der Waals surface area contributed by atoms with Crippen LogP contribution in [0.15, 0.2) is 16.5 Å². The molecule has 0 atom stereocenters. The number of carbonyl (C=O) groups is 1. The van der Waals surface area contributed by atoms with E-state index >= 15 is 0 Å². The Labute approximate surface area is 89.0 Å². The second kappa shape index (κ2) is 4.06. The fourth-order valence-electron chi connectivity index (χ4n) is 1.66. The highest BCUT2D eigenvalue weighted by atomic mass is 16.3. The van der Waals surface area contributed by atoms with Crippen molar-refractivity contribution in [2.45, 2.75) is 32.4 Å². The van der Waals surface area contributed by atoms with E-state index in [4.69, 9.17) is 10.2 Å². The Kier molecular flexibility index (Phi) is 2.77. The van der Waals surface area contributed by atoms with Crippen LogP contribution in [0, 0.1) is 6.92 Å². The smallest absolute Gasteiger partial charge is 0.236 e. The third-order valence-corrected chi connectivity index (χ3v) is 2.60. The van der Waals surface area contributed by atoms with Gasteiger partial charge in [-0.1, -0.05) is 0 Å². The molecule has 1 amide bonds. The van der Waals surface area contributed by atoms with Crippen molar-refractivity contribution in [1.29, 1.82) is 0 Å². The van der Waals surface area contributed by atoms with Gasteiger partial charge in [0.25, 0.3) is 0 Å². The van der Waals surface area contributed by atoms with Crippen molar-refractivity contribution in [2.24, 2.45) is 5.73 Å². The second-order valence-corrected chi connectivity index (χ2v) is 3.97. The monoisotopic (exact) mass is 208 g/mol. The number of hydrogen-bond acceptors (Lipinski definition) is 3. The third kappa shape index (κ3) is 2.39. The normalized spacial score (nSPS) is 15.3. The Bertz CT molecular complexity index is 355. The summed E-state index contributed by atoms with van der Waals surface area (Å²) in [5, 5.41) is 0. The second-order valence-electron chi connectivity index (χ2n) is 3.97. The van der Waals surface area contributed by atoms with Crippen molar-refractivity contribution in [3.05, 3.63) is 23.7 Å². The van der Waals surface area contributed by atoms with Gasteiger partial charge < -0.3 is 15.1 Å². The molecule has 4 heteroatoms. The lowest BCUT2D eigenvalue weighted by Crippen LogP contribution is -2.37. The van der Waals surface area contributed by atoms with Gasteiger partial charge in [0.05, 0.1) is 13.1 Å². The van der Waals surface area contributed by atoms with Crippen LogP contribution in [0.1, 0.15) is 24.4 Å². The number of carbonyl (C=O) groups excluding carboxylic acids is 1. The predicted molar refractivity (Wildman–Crippen MR) is 56.1 cm³/mol. The predicted octanol–water partition coefficient (Wildman–Crippen LogP) is 1.04. The Morgan fingerprint density at radius 3 is 2.80 bits per heavy atom. The molecule has 4 nitrogen and oxygen atoms in total. The molecule has 1 aromatic heterocycles. The minimum Gasteiger partial charge on any atom is -0.464 e. The fourth-order valence-corrected chi connectivity index (χ4v) is 1.66. The zero-order chi connectivity index (χ0) is 10.8. The summed E-state index contributed by atoms with van der Waals surface area (Å²) in [7, 11) is 0. The zero-order valence-electron chi connectivity index (χ0n) is 8.90. The van der Waals surface area contributed by atoms with Gasteiger partial charge in [0, 0.05) is 6.04 Å². The van der Waals surface area contributed by atoms with E-state index in [-0.39, 0.29) is 12.5 Å². The van der Waals surface area contributed by atoms with Gasteiger partial charge in [-0.05, 0) is 31.9 Å². The van der Waals surface area contributed by atoms with Crippen LogP contribution in [0.25, 0.3) is 0 Å². The molecule has 0 saturated heterocycles. The molecule has 15 heavy (non-hydrogen) atoms. The van der Waals surface area contributed by atoms with Gasteiger partial charge in [0.15, 0.2) is 0 Å². The largest absolute Gasteiger partial charge is 0.464 e. The minimum absolute atomic E-state index is 0.00607. The molecule has 0 bridgehead atoms. The standard InChI is InChI=1S/C11H16N2O2/c1-8-2-5-10(15-8)7-13(9-3-4-9)11(14)6-12/h2,5,9H,3-4,6-7,12H2,1H3. The molecule has 0 aliphatic heterocycles. The highest BCUT2D eigenvalue weighted by molar-refractivity contribution is 5.78. The summed E-state index contributed by atoms with van der Waals surface area (Å²) in [4.78, 5) is 13.4. The van der Waals surface area contributed by atoms with Crippen molar-refractivity contribution in [3.63, 3.8) is 0 Å². The van der Waals surface area contributed by atoms with Crippen molar-refractivity contribution < 1.29 is 9.21 Å².